The predicted octanol–water partition coefficient (Wildman–Crippen LogP) is 2.03. The van der Waals surface area contributed by atoms with E-state index in [0.717, 1.165) is 6.07 Å². The van der Waals surface area contributed by atoms with Crippen LogP contribution in [-0.4, -0.2) is 18.2 Å². The molecule has 0 unspecified atom stereocenters. The summed E-state index contributed by atoms with van der Waals surface area (Å²) < 4.78 is 26.7. The molecule has 0 aliphatic carbocycles. The van der Waals surface area contributed by atoms with Crippen molar-refractivity contribution in [3.8, 4) is 0 Å². The van der Waals surface area contributed by atoms with Crippen LogP contribution >= 0.6 is 0 Å². The maximum atomic E-state index is 13.8. The molecule has 0 bridgehead atoms. The third-order valence-electron chi connectivity index (χ3n) is 3.77. The van der Waals surface area contributed by atoms with E-state index in [0.29, 0.717) is 13.1 Å². The number of rotatable bonds is 1. The van der Waals surface area contributed by atoms with Crippen molar-refractivity contribution >= 4 is 0 Å². The van der Waals surface area contributed by atoms with E-state index in [1.54, 1.807) is 0 Å². The summed E-state index contributed by atoms with van der Waals surface area (Å²) in [6.45, 7) is 4.98. The minimum absolute atomic E-state index is 0.119. The van der Waals surface area contributed by atoms with Gasteiger partial charge < -0.3 is 10.4 Å². The van der Waals surface area contributed by atoms with Gasteiger partial charge in [-0.3, -0.25) is 0 Å². The fourth-order valence-electron chi connectivity index (χ4n) is 2.66. The molecule has 3 atom stereocenters. The van der Waals surface area contributed by atoms with Gasteiger partial charge in [-0.2, -0.15) is 0 Å². The van der Waals surface area contributed by atoms with Crippen molar-refractivity contribution in [2.24, 2.45) is 11.8 Å². The molecule has 0 radical (unpaired) electrons. The Kier molecular flexibility index (Phi) is 3.19. The number of piperidine rings is 1. The maximum Gasteiger partial charge on any atom is 0.132 e. The molecule has 2 N–H and O–H groups in total. The van der Waals surface area contributed by atoms with Gasteiger partial charge in [-0.15, -0.1) is 0 Å². The lowest BCUT2D eigenvalue weighted by Crippen LogP contribution is -2.53. The summed E-state index contributed by atoms with van der Waals surface area (Å²) >= 11 is 0. The van der Waals surface area contributed by atoms with Crippen molar-refractivity contribution in [3.63, 3.8) is 0 Å². The van der Waals surface area contributed by atoms with Gasteiger partial charge in [-0.1, -0.05) is 19.9 Å². The van der Waals surface area contributed by atoms with Gasteiger partial charge in [-0.25, -0.2) is 8.78 Å². The van der Waals surface area contributed by atoms with Gasteiger partial charge in [-0.05, 0) is 6.07 Å². The molecule has 1 heterocycles. The van der Waals surface area contributed by atoms with Gasteiger partial charge in [0.2, 0.25) is 0 Å². The van der Waals surface area contributed by atoms with Gasteiger partial charge in [0.05, 0.1) is 5.60 Å². The molecule has 1 aromatic rings. The second-order valence-electron chi connectivity index (χ2n) is 4.91. The largest absolute Gasteiger partial charge is 0.384 e. The Balaban J connectivity index is 2.48. The normalized spacial score (nSPS) is 33.7. The van der Waals surface area contributed by atoms with E-state index in [2.05, 4.69) is 5.32 Å². The Bertz CT molecular complexity index is 412. The number of aliphatic hydroxyl groups is 1. The van der Waals surface area contributed by atoms with Crippen LogP contribution in [0.5, 0.6) is 0 Å². The zero-order valence-electron chi connectivity index (χ0n) is 10.0. The van der Waals surface area contributed by atoms with E-state index in [-0.39, 0.29) is 17.4 Å². The smallest absolute Gasteiger partial charge is 0.132 e. The first-order chi connectivity index (χ1) is 7.96. The lowest BCUT2D eigenvalue weighted by molar-refractivity contribution is -0.0831. The summed E-state index contributed by atoms with van der Waals surface area (Å²) in [4.78, 5) is 0. The standard InChI is InChI=1S/C13H17F2NO/c1-8-6-16-7-9(2)13(8,17)11-4-3-10(14)5-12(11)15/h3-5,8-9,16-17H,6-7H2,1-2H3/t8-,9+,13-. The fourth-order valence-corrected chi connectivity index (χ4v) is 2.66. The Labute approximate surface area is 99.7 Å². The minimum Gasteiger partial charge on any atom is -0.384 e. The molecule has 0 amide bonds. The summed E-state index contributed by atoms with van der Waals surface area (Å²) in [5, 5.41) is 13.9. The topological polar surface area (TPSA) is 32.3 Å². The number of benzene rings is 1. The Morgan fingerprint density at radius 3 is 2.35 bits per heavy atom. The van der Waals surface area contributed by atoms with E-state index < -0.39 is 17.2 Å². The highest BCUT2D eigenvalue weighted by Gasteiger charge is 2.44. The Morgan fingerprint density at radius 2 is 1.82 bits per heavy atom. The molecular formula is C13H17F2NO. The summed E-state index contributed by atoms with van der Waals surface area (Å²) in [7, 11) is 0. The molecule has 0 spiro atoms. The molecule has 0 aromatic heterocycles. The van der Waals surface area contributed by atoms with Crippen molar-refractivity contribution in [3.05, 3.63) is 35.4 Å². The molecule has 1 aliphatic heterocycles. The molecule has 94 valence electrons. The average Bonchev–Trinajstić information content (AvgIpc) is 2.26. The maximum absolute atomic E-state index is 13.8. The van der Waals surface area contributed by atoms with Crippen molar-refractivity contribution in [2.75, 3.05) is 13.1 Å². The quantitative estimate of drug-likeness (QED) is 0.788. The Morgan fingerprint density at radius 1 is 1.24 bits per heavy atom. The van der Waals surface area contributed by atoms with E-state index in [1.165, 1.54) is 12.1 Å². The van der Waals surface area contributed by atoms with Gasteiger partial charge >= 0.3 is 0 Å². The number of hydrogen-bond acceptors (Lipinski definition) is 2. The van der Waals surface area contributed by atoms with E-state index in [1.807, 2.05) is 13.8 Å². The first kappa shape index (κ1) is 12.5. The average molecular weight is 241 g/mol. The second-order valence-corrected chi connectivity index (χ2v) is 4.91. The zero-order chi connectivity index (χ0) is 12.6. The van der Waals surface area contributed by atoms with Crippen LogP contribution in [0, 0.1) is 23.5 Å². The molecule has 1 aromatic carbocycles. The van der Waals surface area contributed by atoms with Crippen LogP contribution in [0.2, 0.25) is 0 Å². The van der Waals surface area contributed by atoms with E-state index in [9.17, 15) is 13.9 Å². The fraction of sp³-hybridized carbons (Fsp3) is 0.538. The van der Waals surface area contributed by atoms with Crippen LogP contribution < -0.4 is 5.32 Å². The Hall–Kier alpha value is -1.00. The van der Waals surface area contributed by atoms with Crippen LogP contribution in [0.1, 0.15) is 19.4 Å². The molecule has 1 fully saturated rings. The second kappa shape index (κ2) is 4.35. The summed E-state index contributed by atoms with van der Waals surface area (Å²) in [6, 6.07) is 3.37. The zero-order valence-corrected chi connectivity index (χ0v) is 10.0. The number of halogens is 2. The van der Waals surface area contributed by atoms with Crippen molar-refractivity contribution < 1.29 is 13.9 Å². The molecule has 4 heteroatoms. The van der Waals surface area contributed by atoms with Gasteiger partial charge in [0.25, 0.3) is 0 Å². The first-order valence-electron chi connectivity index (χ1n) is 5.85. The summed E-state index contributed by atoms with van der Waals surface area (Å²) in [5.74, 6) is -1.53. The summed E-state index contributed by atoms with van der Waals surface area (Å²) in [6.07, 6.45) is 0. The highest BCUT2D eigenvalue weighted by Crippen LogP contribution is 2.40. The van der Waals surface area contributed by atoms with Crippen LogP contribution in [0.25, 0.3) is 0 Å². The lowest BCUT2D eigenvalue weighted by Gasteiger charge is -2.44. The van der Waals surface area contributed by atoms with Crippen LogP contribution in [0.15, 0.2) is 18.2 Å². The molecule has 2 nitrogen and oxygen atoms in total. The molecule has 1 aliphatic rings. The highest BCUT2D eigenvalue weighted by molar-refractivity contribution is 5.27. The molecule has 1 saturated heterocycles. The third-order valence-corrected chi connectivity index (χ3v) is 3.77. The monoisotopic (exact) mass is 241 g/mol. The number of nitrogens with one attached hydrogen (secondary N) is 1. The minimum atomic E-state index is -1.23. The van der Waals surface area contributed by atoms with Crippen LogP contribution in [0.3, 0.4) is 0 Å². The van der Waals surface area contributed by atoms with E-state index >= 15 is 0 Å². The van der Waals surface area contributed by atoms with Gasteiger partial charge in [0, 0.05) is 36.6 Å². The molecular weight excluding hydrogens is 224 g/mol. The summed E-state index contributed by atoms with van der Waals surface area (Å²) in [5.41, 5.74) is -1.04. The molecule has 17 heavy (non-hydrogen) atoms. The molecule has 2 rings (SSSR count). The molecule has 0 saturated carbocycles. The highest BCUT2D eigenvalue weighted by atomic mass is 19.1. The van der Waals surface area contributed by atoms with E-state index in [4.69, 9.17) is 0 Å². The SMILES string of the molecule is C[C@@H]1CNC[C@H](C)[C@@]1(O)c1ccc(F)cc1F. The van der Waals surface area contributed by atoms with Crippen molar-refractivity contribution in [1.29, 1.82) is 0 Å². The van der Waals surface area contributed by atoms with Crippen molar-refractivity contribution in [2.45, 2.75) is 19.4 Å². The third kappa shape index (κ3) is 1.96. The van der Waals surface area contributed by atoms with Gasteiger partial charge in [0.1, 0.15) is 11.6 Å². The number of hydrogen-bond donors (Lipinski definition) is 2. The predicted molar refractivity (Wildman–Crippen MR) is 61.5 cm³/mol. The van der Waals surface area contributed by atoms with Crippen LogP contribution in [0.4, 0.5) is 8.78 Å². The van der Waals surface area contributed by atoms with Crippen LogP contribution in [-0.2, 0) is 5.60 Å². The first-order valence-corrected chi connectivity index (χ1v) is 5.85. The lowest BCUT2D eigenvalue weighted by atomic mass is 9.71. The van der Waals surface area contributed by atoms with Crippen molar-refractivity contribution in [1.82, 2.24) is 5.32 Å². The van der Waals surface area contributed by atoms with Gasteiger partial charge in [0.15, 0.2) is 0 Å².